The minimum atomic E-state index is 0.00842. The van der Waals surface area contributed by atoms with Crippen LogP contribution in [0.15, 0.2) is 18.2 Å². The van der Waals surface area contributed by atoms with Crippen LogP contribution in [0.25, 0.3) is 0 Å². The minimum Gasteiger partial charge on any atom is -0.495 e. The van der Waals surface area contributed by atoms with Crippen molar-refractivity contribution in [2.75, 3.05) is 25.9 Å². The van der Waals surface area contributed by atoms with Crippen LogP contribution in [0.3, 0.4) is 0 Å². The van der Waals surface area contributed by atoms with Gasteiger partial charge in [-0.25, -0.2) is 4.79 Å². The summed E-state index contributed by atoms with van der Waals surface area (Å²) in [7, 11) is 1.59. The van der Waals surface area contributed by atoms with Crippen LogP contribution in [0.5, 0.6) is 5.75 Å². The van der Waals surface area contributed by atoms with Crippen molar-refractivity contribution in [3.8, 4) is 5.75 Å². The summed E-state index contributed by atoms with van der Waals surface area (Å²) in [5.74, 6) is 0.658. The topological polar surface area (TPSA) is 67.6 Å². The molecular formula is C14H21N3O2. The number of carbonyl (C=O) groups is 1. The van der Waals surface area contributed by atoms with Crippen LogP contribution in [0.1, 0.15) is 24.8 Å². The lowest BCUT2D eigenvalue weighted by Gasteiger charge is -2.26. The molecule has 1 aromatic rings. The molecule has 0 unspecified atom stereocenters. The Morgan fingerprint density at radius 2 is 2.11 bits per heavy atom. The number of ether oxygens (including phenoxy) is 1. The lowest BCUT2D eigenvalue weighted by Crippen LogP contribution is -2.42. The Labute approximate surface area is 113 Å². The Hall–Kier alpha value is -1.91. The van der Waals surface area contributed by atoms with Gasteiger partial charge in [0.1, 0.15) is 5.75 Å². The van der Waals surface area contributed by atoms with Gasteiger partial charge in [0.05, 0.1) is 12.8 Å². The summed E-state index contributed by atoms with van der Waals surface area (Å²) in [6, 6.07) is 5.56. The lowest BCUT2D eigenvalue weighted by molar-refractivity contribution is 0.186. The summed E-state index contributed by atoms with van der Waals surface area (Å²) in [5.41, 5.74) is 7.40. The predicted octanol–water partition coefficient (Wildman–Crippen LogP) is 1.97. The van der Waals surface area contributed by atoms with Gasteiger partial charge in [-0.05, 0) is 37.0 Å². The van der Waals surface area contributed by atoms with Crippen molar-refractivity contribution in [1.82, 2.24) is 10.2 Å². The highest BCUT2D eigenvalue weighted by molar-refractivity contribution is 5.74. The van der Waals surface area contributed by atoms with E-state index in [2.05, 4.69) is 5.32 Å². The number of nitrogens with zero attached hydrogens (tertiary/aromatic N) is 1. The number of carbonyl (C=O) groups excluding carboxylic acids is 1. The standard InChI is InChI=1S/C14H21N3O2/c1-19-13-6-5-11(9-12(13)15)10-16-14(18)17-7-3-2-4-8-17/h5-6,9H,2-4,7-8,10,15H2,1H3,(H,16,18). The number of rotatable bonds is 3. The monoisotopic (exact) mass is 263 g/mol. The molecule has 3 N–H and O–H groups in total. The zero-order valence-corrected chi connectivity index (χ0v) is 11.3. The summed E-state index contributed by atoms with van der Waals surface area (Å²) < 4.78 is 5.10. The van der Waals surface area contributed by atoms with E-state index in [1.807, 2.05) is 23.1 Å². The van der Waals surface area contributed by atoms with Gasteiger partial charge >= 0.3 is 6.03 Å². The molecule has 104 valence electrons. The first-order valence-corrected chi connectivity index (χ1v) is 6.66. The summed E-state index contributed by atoms with van der Waals surface area (Å²) in [6.45, 7) is 2.21. The SMILES string of the molecule is COc1ccc(CNC(=O)N2CCCCC2)cc1N. The van der Waals surface area contributed by atoms with Gasteiger partial charge in [0, 0.05) is 19.6 Å². The van der Waals surface area contributed by atoms with Crippen LogP contribution in [-0.4, -0.2) is 31.1 Å². The molecule has 19 heavy (non-hydrogen) atoms. The molecule has 1 saturated heterocycles. The normalized spacial score (nSPS) is 15.1. The molecule has 1 heterocycles. The summed E-state index contributed by atoms with van der Waals surface area (Å²) in [4.78, 5) is 13.8. The fourth-order valence-corrected chi connectivity index (χ4v) is 2.28. The molecule has 0 aliphatic carbocycles. The third-order valence-corrected chi connectivity index (χ3v) is 3.38. The van der Waals surface area contributed by atoms with Crippen molar-refractivity contribution in [3.63, 3.8) is 0 Å². The lowest BCUT2D eigenvalue weighted by atomic mass is 10.1. The number of nitrogens with one attached hydrogen (secondary N) is 1. The van der Waals surface area contributed by atoms with Crippen LogP contribution < -0.4 is 15.8 Å². The van der Waals surface area contributed by atoms with Crippen molar-refractivity contribution in [3.05, 3.63) is 23.8 Å². The molecule has 0 atom stereocenters. The molecule has 1 aromatic carbocycles. The van der Waals surface area contributed by atoms with Gasteiger partial charge in [0.2, 0.25) is 0 Å². The first-order chi connectivity index (χ1) is 9.20. The van der Waals surface area contributed by atoms with Gasteiger partial charge in [-0.2, -0.15) is 0 Å². The second-order valence-corrected chi connectivity index (χ2v) is 4.78. The smallest absolute Gasteiger partial charge is 0.317 e. The Balaban J connectivity index is 1.87. The maximum Gasteiger partial charge on any atom is 0.317 e. The largest absolute Gasteiger partial charge is 0.495 e. The van der Waals surface area contributed by atoms with E-state index < -0.39 is 0 Å². The first-order valence-electron chi connectivity index (χ1n) is 6.66. The number of anilines is 1. The second kappa shape index (κ2) is 6.31. The molecule has 2 amide bonds. The molecule has 0 saturated carbocycles. The number of nitrogens with two attached hydrogens (primary N) is 1. The predicted molar refractivity (Wildman–Crippen MR) is 75.1 cm³/mol. The van der Waals surface area contributed by atoms with Crippen LogP contribution in [0.4, 0.5) is 10.5 Å². The van der Waals surface area contributed by atoms with E-state index in [1.54, 1.807) is 7.11 Å². The van der Waals surface area contributed by atoms with E-state index in [9.17, 15) is 4.79 Å². The van der Waals surface area contributed by atoms with Gasteiger partial charge in [-0.3, -0.25) is 0 Å². The molecule has 1 aliphatic heterocycles. The molecule has 0 spiro atoms. The summed E-state index contributed by atoms with van der Waals surface area (Å²) >= 11 is 0. The number of urea groups is 1. The first kappa shape index (κ1) is 13.5. The third kappa shape index (κ3) is 3.53. The second-order valence-electron chi connectivity index (χ2n) is 4.78. The fraction of sp³-hybridized carbons (Fsp3) is 0.500. The Morgan fingerprint density at radius 3 is 2.74 bits per heavy atom. The van der Waals surface area contributed by atoms with Gasteiger partial charge < -0.3 is 20.7 Å². The van der Waals surface area contributed by atoms with E-state index in [1.165, 1.54) is 6.42 Å². The fourth-order valence-electron chi connectivity index (χ4n) is 2.28. The van der Waals surface area contributed by atoms with E-state index in [-0.39, 0.29) is 6.03 Å². The number of methoxy groups -OCH3 is 1. The number of nitrogen functional groups attached to an aromatic ring is 1. The van der Waals surface area contributed by atoms with Crippen molar-refractivity contribution >= 4 is 11.7 Å². The highest BCUT2D eigenvalue weighted by Crippen LogP contribution is 2.21. The highest BCUT2D eigenvalue weighted by Gasteiger charge is 2.15. The van der Waals surface area contributed by atoms with E-state index in [0.717, 1.165) is 31.5 Å². The number of hydrogen-bond acceptors (Lipinski definition) is 3. The quantitative estimate of drug-likeness (QED) is 0.819. The van der Waals surface area contributed by atoms with Crippen LogP contribution in [0, 0.1) is 0 Å². The molecule has 0 aromatic heterocycles. The maximum absolute atomic E-state index is 11.9. The molecule has 2 rings (SSSR count). The van der Waals surface area contributed by atoms with Crippen molar-refractivity contribution in [2.45, 2.75) is 25.8 Å². The Morgan fingerprint density at radius 1 is 1.37 bits per heavy atom. The summed E-state index contributed by atoms with van der Waals surface area (Å²) in [6.07, 6.45) is 3.42. The number of piperidine rings is 1. The third-order valence-electron chi connectivity index (χ3n) is 3.38. The van der Waals surface area contributed by atoms with Crippen molar-refractivity contribution < 1.29 is 9.53 Å². The average Bonchev–Trinajstić information content (AvgIpc) is 2.46. The zero-order valence-electron chi connectivity index (χ0n) is 11.3. The van der Waals surface area contributed by atoms with Crippen molar-refractivity contribution in [1.29, 1.82) is 0 Å². The number of likely N-dealkylation sites (tertiary alicyclic amines) is 1. The molecule has 5 nitrogen and oxygen atoms in total. The van der Waals surface area contributed by atoms with E-state index in [0.29, 0.717) is 18.0 Å². The van der Waals surface area contributed by atoms with Crippen LogP contribution >= 0.6 is 0 Å². The number of amides is 2. The van der Waals surface area contributed by atoms with Gasteiger partial charge in [-0.1, -0.05) is 6.07 Å². The Bertz CT molecular complexity index is 442. The summed E-state index contributed by atoms with van der Waals surface area (Å²) in [5, 5.41) is 2.92. The minimum absolute atomic E-state index is 0.00842. The van der Waals surface area contributed by atoms with Crippen molar-refractivity contribution in [2.24, 2.45) is 0 Å². The van der Waals surface area contributed by atoms with Gasteiger partial charge in [0.25, 0.3) is 0 Å². The highest BCUT2D eigenvalue weighted by atomic mass is 16.5. The van der Waals surface area contributed by atoms with E-state index in [4.69, 9.17) is 10.5 Å². The maximum atomic E-state index is 11.9. The Kier molecular flexibility index (Phi) is 4.49. The molecule has 0 radical (unpaired) electrons. The van der Waals surface area contributed by atoms with Crippen LogP contribution in [-0.2, 0) is 6.54 Å². The molecule has 0 bridgehead atoms. The number of hydrogen-bond donors (Lipinski definition) is 2. The zero-order chi connectivity index (χ0) is 13.7. The molecule has 5 heteroatoms. The average molecular weight is 263 g/mol. The van der Waals surface area contributed by atoms with E-state index >= 15 is 0 Å². The number of benzene rings is 1. The molecule has 1 fully saturated rings. The van der Waals surface area contributed by atoms with Crippen LogP contribution in [0.2, 0.25) is 0 Å². The molecule has 1 aliphatic rings. The van der Waals surface area contributed by atoms with Gasteiger partial charge in [-0.15, -0.1) is 0 Å². The van der Waals surface area contributed by atoms with Gasteiger partial charge in [0.15, 0.2) is 0 Å². The molecular weight excluding hydrogens is 242 g/mol.